The van der Waals surface area contributed by atoms with Crippen LogP contribution in [0.1, 0.15) is 34.1 Å². The van der Waals surface area contributed by atoms with Gasteiger partial charge in [-0.2, -0.15) is 0 Å². The zero-order valence-electron chi connectivity index (χ0n) is 13.8. The second-order valence-electron chi connectivity index (χ2n) is 4.72. The highest BCUT2D eigenvalue weighted by molar-refractivity contribution is 6.44. The summed E-state index contributed by atoms with van der Waals surface area (Å²) in [5.74, 6) is -1.21. The maximum Gasteiger partial charge on any atom is 0.336 e. The maximum absolute atomic E-state index is 11.6. The Labute approximate surface area is 133 Å². The number of ether oxygens (including phenoxy) is 2. The van der Waals surface area contributed by atoms with Gasteiger partial charge in [0, 0.05) is 30.8 Å². The first-order valence-corrected chi connectivity index (χ1v) is 9.03. The van der Waals surface area contributed by atoms with Crippen LogP contribution in [0.4, 0.5) is 0 Å². The van der Waals surface area contributed by atoms with Crippen LogP contribution in [0, 0.1) is 0 Å². The third kappa shape index (κ3) is 8.76. The van der Waals surface area contributed by atoms with Crippen LogP contribution in [0.25, 0.3) is 0 Å². The Morgan fingerprint density at radius 1 is 0.955 bits per heavy atom. The van der Waals surface area contributed by atoms with Crippen LogP contribution in [0.2, 0.25) is 6.04 Å². The van der Waals surface area contributed by atoms with E-state index in [9.17, 15) is 9.59 Å². The number of esters is 2. The zero-order valence-corrected chi connectivity index (χ0v) is 15.0. The minimum absolute atomic E-state index is 0.236. The molecule has 126 valence electrons. The molecule has 0 fully saturated rings. The summed E-state index contributed by atoms with van der Waals surface area (Å²) >= 11 is 0. The van der Waals surface area contributed by atoms with E-state index in [0.29, 0.717) is 25.7 Å². The van der Waals surface area contributed by atoms with E-state index < -0.39 is 27.5 Å². The first-order valence-electron chi connectivity index (χ1n) is 7.27. The lowest BCUT2D eigenvalue weighted by Crippen LogP contribution is -2.29. The van der Waals surface area contributed by atoms with Crippen LogP contribution in [0.3, 0.4) is 0 Å². The highest BCUT2D eigenvalue weighted by Gasteiger charge is 2.23. The van der Waals surface area contributed by atoms with Gasteiger partial charge in [-0.1, -0.05) is 13.2 Å². The van der Waals surface area contributed by atoms with Gasteiger partial charge in [-0.05, 0) is 33.7 Å². The fraction of sp³-hybridized carbons (Fsp3) is 0.600. The minimum atomic E-state index is -1.86. The maximum atomic E-state index is 11.6. The molecule has 0 aliphatic carbocycles. The highest BCUT2D eigenvalue weighted by atomic mass is 28.3. The second-order valence-corrected chi connectivity index (χ2v) is 6.82. The molecule has 0 bridgehead atoms. The summed E-state index contributed by atoms with van der Waals surface area (Å²) in [5, 5.41) is 0. The lowest BCUT2D eigenvalue weighted by Gasteiger charge is -2.20. The molecule has 0 aliphatic heterocycles. The normalized spacial score (nSPS) is 10.6. The van der Waals surface area contributed by atoms with Crippen molar-refractivity contribution in [1.29, 1.82) is 0 Å². The molecule has 0 aromatic rings. The number of carbonyl (C=O) groups is 2. The second kappa shape index (κ2) is 11.2. The summed E-state index contributed by atoms with van der Waals surface area (Å²) in [6.45, 7) is 14.9. The fourth-order valence-corrected chi connectivity index (χ4v) is 3.16. The van der Waals surface area contributed by atoms with Crippen molar-refractivity contribution in [2.24, 2.45) is 0 Å². The van der Waals surface area contributed by atoms with Gasteiger partial charge in [-0.25, -0.2) is 9.59 Å². The van der Waals surface area contributed by atoms with Crippen LogP contribution in [-0.4, -0.2) is 40.7 Å². The monoisotopic (exact) mass is 330 g/mol. The third-order valence-corrected chi connectivity index (χ3v) is 4.73. The predicted octanol–water partition coefficient (Wildman–Crippen LogP) is 2.23. The average molecular weight is 330 g/mol. The summed E-state index contributed by atoms with van der Waals surface area (Å²) in [6.07, 6.45) is -0.682. The van der Waals surface area contributed by atoms with Crippen LogP contribution < -0.4 is 0 Å². The molecule has 0 aromatic carbocycles. The molecule has 0 aromatic heterocycles. The van der Waals surface area contributed by atoms with Crippen LogP contribution in [0.15, 0.2) is 24.3 Å². The Balaban J connectivity index is 4.68. The Kier molecular flexibility index (Phi) is 10.4. The zero-order chi connectivity index (χ0) is 17.1. The van der Waals surface area contributed by atoms with E-state index in [1.807, 2.05) is 13.8 Å². The minimum Gasteiger partial charge on any atom is -0.422 e. The molecule has 0 atom stereocenters. The molecule has 0 heterocycles. The van der Waals surface area contributed by atoms with Gasteiger partial charge in [-0.15, -0.1) is 0 Å². The lowest BCUT2D eigenvalue weighted by molar-refractivity contribution is -0.182. The first-order chi connectivity index (χ1) is 10.3. The van der Waals surface area contributed by atoms with Crippen molar-refractivity contribution in [2.45, 2.75) is 46.4 Å². The number of rotatable bonds is 11. The molecular formula is C15H26O6Si. The first kappa shape index (κ1) is 20.6. The molecular weight excluding hydrogens is 304 g/mol. The van der Waals surface area contributed by atoms with Crippen molar-refractivity contribution in [3.63, 3.8) is 0 Å². The van der Waals surface area contributed by atoms with E-state index in [2.05, 4.69) is 13.2 Å². The van der Waals surface area contributed by atoms with Gasteiger partial charge in [0.05, 0.1) is 0 Å². The largest absolute Gasteiger partial charge is 0.422 e. The molecule has 0 saturated heterocycles. The highest BCUT2D eigenvalue weighted by Crippen LogP contribution is 2.13. The topological polar surface area (TPSA) is 71.1 Å². The summed E-state index contributed by atoms with van der Waals surface area (Å²) in [4.78, 5) is 23.2. The number of hydrogen-bond acceptors (Lipinski definition) is 6. The van der Waals surface area contributed by atoms with Gasteiger partial charge in [0.1, 0.15) is 0 Å². The summed E-state index contributed by atoms with van der Waals surface area (Å²) in [5.41, 5.74) is 0.472. The molecule has 0 spiro atoms. The molecule has 0 radical (unpaired) electrons. The van der Waals surface area contributed by atoms with Crippen LogP contribution >= 0.6 is 0 Å². The van der Waals surface area contributed by atoms with E-state index in [1.165, 1.54) is 13.8 Å². The molecule has 22 heavy (non-hydrogen) atoms. The van der Waals surface area contributed by atoms with Crippen molar-refractivity contribution in [3.05, 3.63) is 24.3 Å². The van der Waals surface area contributed by atoms with Crippen molar-refractivity contribution in [2.75, 3.05) is 13.2 Å². The van der Waals surface area contributed by atoms with Crippen molar-refractivity contribution in [1.82, 2.24) is 0 Å². The smallest absolute Gasteiger partial charge is 0.336 e. The van der Waals surface area contributed by atoms with Gasteiger partial charge < -0.3 is 18.3 Å². The van der Waals surface area contributed by atoms with E-state index in [0.717, 1.165) is 0 Å². The Morgan fingerprint density at radius 3 is 1.68 bits per heavy atom. The van der Waals surface area contributed by atoms with E-state index in [1.54, 1.807) is 0 Å². The standard InChI is InChI=1S/C15H26O6Si/c1-7-18-22(19-8-2)10-9-13(20-14(16)11(3)4)21-15(17)12(5)6/h13,22H,3,5,7-10H2,1-2,4,6H3. The van der Waals surface area contributed by atoms with E-state index >= 15 is 0 Å². The lowest BCUT2D eigenvalue weighted by atomic mass is 10.3. The molecule has 0 unspecified atom stereocenters. The molecule has 0 rings (SSSR count). The van der Waals surface area contributed by atoms with Gasteiger partial charge in [-0.3, -0.25) is 0 Å². The van der Waals surface area contributed by atoms with Crippen LogP contribution in [-0.2, 0) is 27.9 Å². The summed E-state index contributed by atoms with van der Waals surface area (Å²) in [7, 11) is -1.86. The quantitative estimate of drug-likeness (QED) is 0.250. The SMILES string of the molecule is C=C(C)C(=O)OC(CC[SiH](OCC)OCC)OC(=O)C(=C)C. The van der Waals surface area contributed by atoms with Crippen molar-refractivity contribution >= 4 is 21.2 Å². The Bertz CT molecular complexity index is 373. The predicted molar refractivity (Wildman–Crippen MR) is 85.4 cm³/mol. The fourth-order valence-electron chi connectivity index (χ4n) is 1.44. The number of hydrogen-bond donors (Lipinski definition) is 0. The molecule has 0 aliphatic rings. The van der Waals surface area contributed by atoms with Crippen molar-refractivity contribution < 1.29 is 27.9 Å². The molecule has 7 heteroatoms. The Morgan fingerprint density at radius 2 is 1.36 bits per heavy atom. The van der Waals surface area contributed by atoms with Gasteiger partial charge >= 0.3 is 21.2 Å². The number of carbonyl (C=O) groups excluding carboxylic acids is 2. The van der Waals surface area contributed by atoms with Gasteiger partial charge in [0.25, 0.3) is 0 Å². The summed E-state index contributed by atoms with van der Waals surface area (Å²) in [6, 6.07) is 0.555. The average Bonchev–Trinajstić information content (AvgIpc) is 2.44. The Hall–Kier alpha value is -1.44. The van der Waals surface area contributed by atoms with Crippen LogP contribution in [0.5, 0.6) is 0 Å². The molecule has 0 N–H and O–H groups in total. The third-order valence-electron chi connectivity index (χ3n) is 2.52. The van der Waals surface area contributed by atoms with E-state index in [-0.39, 0.29) is 11.1 Å². The van der Waals surface area contributed by atoms with E-state index in [4.69, 9.17) is 18.3 Å². The molecule has 0 amide bonds. The summed E-state index contributed by atoms with van der Waals surface area (Å²) < 4.78 is 21.3. The molecule has 0 saturated carbocycles. The van der Waals surface area contributed by atoms with Gasteiger partial charge in [0.15, 0.2) is 0 Å². The van der Waals surface area contributed by atoms with Crippen molar-refractivity contribution in [3.8, 4) is 0 Å². The molecule has 6 nitrogen and oxygen atoms in total. The van der Waals surface area contributed by atoms with Gasteiger partial charge in [0.2, 0.25) is 6.29 Å².